The van der Waals surface area contributed by atoms with Gasteiger partial charge in [-0.3, -0.25) is 24.0 Å². The molecule has 264 valence electrons. The Labute approximate surface area is 281 Å². The van der Waals surface area contributed by atoms with Crippen molar-refractivity contribution < 1.29 is 24.0 Å². The molecule has 1 saturated heterocycles. The molecule has 1 aliphatic heterocycles. The lowest BCUT2D eigenvalue weighted by Crippen LogP contribution is -2.60. The van der Waals surface area contributed by atoms with E-state index in [0.29, 0.717) is 0 Å². The van der Waals surface area contributed by atoms with Crippen LogP contribution in [0.15, 0.2) is 23.3 Å². The van der Waals surface area contributed by atoms with Crippen molar-refractivity contribution in [2.75, 3.05) is 20.6 Å². The van der Waals surface area contributed by atoms with Gasteiger partial charge < -0.3 is 36.8 Å². The normalized spacial score (nSPS) is 24.0. The minimum atomic E-state index is -0.910. The van der Waals surface area contributed by atoms with Crippen LogP contribution in [-0.4, -0.2) is 97.4 Å². The Bertz CT molecular complexity index is 1250. The van der Waals surface area contributed by atoms with Crippen LogP contribution in [-0.2, 0) is 24.0 Å². The summed E-state index contributed by atoms with van der Waals surface area (Å²) in [5.74, 6) is -1.65. The molecule has 7 atom stereocenters. The van der Waals surface area contributed by atoms with Gasteiger partial charge in [0.15, 0.2) is 0 Å². The molecule has 0 aromatic carbocycles. The quantitative estimate of drug-likeness (QED) is 0.197. The number of hydrogen-bond acceptors (Lipinski definition) is 7. The number of likely N-dealkylation sites (tertiary alicyclic amines) is 1. The Morgan fingerprint density at radius 3 is 1.94 bits per heavy atom. The minimum absolute atomic E-state index is 0.0891. The summed E-state index contributed by atoms with van der Waals surface area (Å²) < 4.78 is 0. The molecule has 47 heavy (non-hydrogen) atoms. The lowest BCUT2D eigenvalue weighted by molar-refractivity contribution is -0.144. The molecular weight excluding hydrogens is 598 g/mol. The van der Waals surface area contributed by atoms with Crippen LogP contribution < -0.4 is 31.9 Å². The van der Waals surface area contributed by atoms with Crippen molar-refractivity contribution in [3.05, 3.63) is 23.3 Å². The molecule has 6 N–H and O–H groups in total. The number of likely N-dealkylation sites (N-methyl/N-ethyl adjacent to an activating group) is 2. The maximum atomic E-state index is 14.4. The standard InChI is InChI=1S/C35H59N7O5/c1-20(36-9)29(43)40-27(34(3,4)5)32(46)38-23-18-26(31(45)39-25-17-13-15-22-14-11-12-16-24(22)25)42(19-23)33(47)28(35(6,7)8)41-30(44)21(2)37-10/h11,14,20-21,23,25-28,36-37H,12-13,15-19H2,1-10H3,(H,38,46)(H,39,45)(H,40,43)(H,41,44)/t20-,21-,23-,25+,26-,27+,28+/m0/s1. The molecule has 2 aliphatic carbocycles. The number of nitrogens with zero attached hydrogens (tertiary/aromatic N) is 1. The van der Waals surface area contributed by atoms with Crippen LogP contribution in [0.25, 0.3) is 0 Å². The van der Waals surface area contributed by atoms with E-state index in [9.17, 15) is 24.0 Å². The highest BCUT2D eigenvalue weighted by molar-refractivity contribution is 5.95. The van der Waals surface area contributed by atoms with Gasteiger partial charge in [-0.2, -0.15) is 0 Å². The highest BCUT2D eigenvalue weighted by Gasteiger charge is 2.47. The SMILES string of the molecule is CN[C@@H](C)C(=O)N[C@H](C(=O)N[C@H]1C[C@@H](C(=O)N[C@@H]2CCCC3=C2CCC=C3)N(C(=O)[C@@H](NC(=O)[C@H](C)NC)C(C)(C)C)C1)C(C)(C)C. The first-order valence-corrected chi connectivity index (χ1v) is 17.1. The number of amides is 5. The van der Waals surface area contributed by atoms with Crippen molar-refractivity contribution >= 4 is 29.5 Å². The molecule has 5 amide bonds. The Morgan fingerprint density at radius 1 is 0.809 bits per heavy atom. The Hall–Kier alpha value is -3.25. The van der Waals surface area contributed by atoms with Gasteiger partial charge in [-0.25, -0.2) is 0 Å². The van der Waals surface area contributed by atoms with Gasteiger partial charge in [0.1, 0.15) is 18.1 Å². The number of carbonyl (C=O) groups excluding carboxylic acids is 5. The number of hydrogen-bond donors (Lipinski definition) is 6. The largest absolute Gasteiger partial charge is 0.350 e. The molecule has 3 aliphatic rings. The second-order valence-electron chi connectivity index (χ2n) is 15.5. The van der Waals surface area contributed by atoms with Crippen molar-refractivity contribution in [1.82, 2.24) is 36.8 Å². The van der Waals surface area contributed by atoms with Crippen molar-refractivity contribution in [1.29, 1.82) is 0 Å². The fourth-order valence-corrected chi connectivity index (χ4v) is 6.48. The third-order valence-electron chi connectivity index (χ3n) is 9.69. The van der Waals surface area contributed by atoms with E-state index in [4.69, 9.17) is 0 Å². The van der Waals surface area contributed by atoms with Gasteiger partial charge in [0.25, 0.3) is 0 Å². The molecule has 12 nitrogen and oxygen atoms in total. The van der Waals surface area contributed by atoms with Crippen LogP contribution in [0.1, 0.15) is 93.9 Å². The minimum Gasteiger partial charge on any atom is -0.350 e. The number of carbonyl (C=O) groups is 5. The van der Waals surface area contributed by atoms with Gasteiger partial charge in [-0.1, -0.05) is 53.7 Å². The van der Waals surface area contributed by atoms with Gasteiger partial charge in [0.05, 0.1) is 18.1 Å². The van der Waals surface area contributed by atoms with Crippen molar-refractivity contribution in [2.45, 2.75) is 136 Å². The van der Waals surface area contributed by atoms with E-state index in [1.165, 1.54) is 16.0 Å². The van der Waals surface area contributed by atoms with E-state index in [1.54, 1.807) is 27.9 Å². The zero-order valence-corrected chi connectivity index (χ0v) is 30.1. The molecule has 1 heterocycles. The molecule has 0 bridgehead atoms. The topological polar surface area (TPSA) is 161 Å². The van der Waals surface area contributed by atoms with Gasteiger partial charge in [0, 0.05) is 12.6 Å². The molecule has 0 aromatic heterocycles. The molecule has 0 unspecified atom stereocenters. The lowest BCUT2D eigenvalue weighted by atomic mass is 9.82. The average Bonchev–Trinajstić information content (AvgIpc) is 3.43. The van der Waals surface area contributed by atoms with Crippen LogP contribution in [0.2, 0.25) is 0 Å². The van der Waals surface area contributed by atoms with E-state index >= 15 is 0 Å². The smallest absolute Gasteiger partial charge is 0.246 e. The van der Waals surface area contributed by atoms with E-state index in [-0.39, 0.29) is 48.5 Å². The van der Waals surface area contributed by atoms with Crippen molar-refractivity contribution in [3.8, 4) is 0 Å². The zero-order chi connectivity index (χ0) is 35.3. The zero-order valence-electron chi connectivity index (χ0n) is 30.1. The molecule has 1 fully saturated rings. The summed E-state index contributed by atoms with van der Waals surface area (Å²) in [7, 11) is 3.35. The highest BCUT2D eigenvalue weighted by atomic mass is 16.2. The summed E-state index contributed by atoms with van der Waals surface area (Å²) >= 11 is 0. The van der Waals surface area contributed by atoms with Crippen molar-refractivity contribution in [2.24, 2.45) is 10.8 Å². The molecule has 12 heteroatoms. The van der Waals surface area contributed by atoms with Crippen LogP contribution >= 0.6 is 0 Å². The summed E-state index contributed by atoms with van der Waals surface area (Å²) in [6.07, 6.45) is 9.18. The van der Waals surface area contributed by atoms with Crippen LogP contribution in [0.5, 0.6) is 0 Å². The monoisotopic (exact) mass is 657 g/mol. The van der Waals surface area contributed by atoms with Gasteiger partial charge in [0.2, 0.25) is 29.5 Å². The van der Waals surface area contributed by atoms with Gasteiger partial charge in [-0.15, -0.1) is 0 Å². The third kappa shape index (κ3) is 9.65. The fourth-order valence-electron chi connectivity index (χ4n) is 6.48. The van der Waals surface area contributed by atoms with E-state index in [2.05, 4.69) is 44.1 Å². The van der Waals surface area contributed by atoms with E-state index in [0.717, 1.165) is 32.1 Å². The summed E-state index contributed by atoms with van der Waals surface area (Å²) in [6.45, 7) is 14.8. The molecule has 3 rings (SSSR count). The third-order valence-corrected chi connectivity index (χ3v) is 9.69. The molecule has 0 spiro atoms. The van der Waals surface area contributed by atoms with Gasteiger partial charge in [-0.05, 0) is 88.4 Å². The summed E-state index contributed by atoms with van der Waals surface area (Å²) in [5, 5.41) is 17.9. The Morgan fingerprint density at radius 2 is 1.38 bits per heavy atom. The fraction of sp³-hybridized carbons (Fsp3) is 0.743. The summed E-state index contributed by atoms with van der Waals surface area (Å²) in [5.41, 5.74) is 1.28. The summed E-state index contributed by atoms with van der Waals surface area (Å²) in [4.78, 5) is 69.5. The Balaban J connectivity index is 1.91. The van der Waals surface area contributed by atoms with E-state index in [1.807, 2.05) is 41.5 Å². The lowest BCUT2D eigenvalue weighted by Gasteiger charge is -2.37. The van der Waals surface area contributed by atoms with Crippen LogP contribution in [0.3, 0.4) is 0 Å². The second kappa shape index (κ2) is 15.8. The highest BCUT2D eigenvalue weighted by Crippen LogP contribution is 2.33. The molecule has 0 saturated carbocycles. The van der Waals surface area contributed by atoms with Crippen LogP contribution in [0, 0.1) is 10.8 Å². The average molecular weight is 658 g/mol. The number of nitrogens with one attached hydrogen (secondary N) is 6. The van der Waals surface area contributed by atoms with Crippen molar-refractivity contribution in [3.63, 3.8) is 0 Å². The predicted molar refractivity (Wildman–Crippen MR) is 183 cm³/mol. The molecular formula is C35H59N7O5. The maximum Gasteiger partial charge on any atom is 0.246 e. The number of rotatable bonds is 11. The van der Waals surface area contributed by atoms with E-state index < -0.39 is 47.1 Å². The summed E-state index contributed by atoms with van der Waals surface area (Å²) in [6, 6.07) is -4.28. The first-order valence-electron chi connectivity index (χ1n) is 17.1. The second-order valence-corrected chi connectivity index (χ2v) is 15.5. The predicted octanol–water partition coefficient (Wildman–Crippen LogP) is 1.67. The first kappa shape index (κ1) is 38.2. The maximum absolute atomic E-state index is 14.4. The molecule has 0 radical (unpaired) electrons. The Kier molecular flexibility index (Phi) is 12.8. The first-order chi connectivity index (χ1) is 21.9. The molecule has 0 aromatic rings. The van der Waals surface area contributed by atoms with Gasteiger partial charge >= 0.3 is 0 Å². The number of allylic oxidation sites excluding steroid dienone is 3. The van der Waals surface area contributed by atoms with Crippen LogP contribution in [0.4, 0.5) is 0 Å².